The first-order valence-electron chi connectivity index (χ1n) is 9.24. The molecule has 0 bridgehead atoms. The highest BCUT2D eigenvalue weighted by Gasteiger charge is 2.31. The van der Waals surface area contributed by atoms with Gasteiger partial charge in [0.25, 0.3) is 0 Å². The second-order valence-electron chi connectivity index (χ2n) is 7.26. The van der Waals surface area contributed by atoms with Crippen molar-refractivity contribution in [2.75, 3.05) is 18.4 Å². The predicted octanol–water partition coefficient (Wildman–Crippen LogP) is 5.32. The molecule has 0 spiro atoms. The van der Waals surface area contributed by atoms with Gasteiger partial charge in [-0.3, -0.25) is 9.69 Å². The summed E-state index contributed by atoms with van der Waals surface area (Å²) in [5, 5.41) is 7.45. The zero-order valence-electron chi connectivity index (χ0n) is 15.9. The Hall–Kier alpha value is -1.95. The van der Waals surface area contributed by atoms with Gasteiger partial charge in [-0.25, -0.2) is 0 Å². The lowest BCUT2D eigenvalue weighted by Crippen LogP contribution is -2.40. The van der Waals surface area contributed by atoms with Crippen molar-refractivity contribution >= 4 is 34.3 Å². The van der Waals surface area contributed by atoms with Gasteiger partial charge in [0.2, 0.25) is 5.91 Å². The first kappa shape index (κ1) is 18.4. The van der Waals surface area contributed by atoms with Crippen molar-refractivity contribution in [1.82, 2.24) is 4.90 Å². The third-order valence-corrected chi connectivity index (χ3v) is 7.09. The Labute approximate surface area is 168 Å². The van der Waals surface area contributed by atoms with Crippen LogP contribution in [-0.4, -0.2) is 23.9 Å². The van der Waals surface area contributed by atoms with Crippen LogP contribution < -0.4 is 5.32 Å². The number of thiophene rings is 2. The van der Waals surface area contributed by atoms with Gasteiger partial charge < -0.3 is 5.32 Å². The molecule has 3 aromatic rings. The Kier molecular flexibility index (Phi) is 5.17. The summed E-state index contributed by atoms with van der Waals surface area (Å²) in [7, 11) is 0. The number of rotatable bonds is 4. The third-order valence-electron chi connectivity index (χ3n) is 5.17. The van der Waals surface area contributed by atoms with Gasteiger partial charge in [0.1, 0.15) is 0 Å². The summed E-state index contributed by atoms with van der Waals surface area (Å²) < 4.78 is 0. The molecule has 1 aliphatic rings. The number of hydrogen-bond acceptors (Lipinski definition) is 4. The van der Waals surface area contributed by atoms with E-state index in [0.717, 1.165) is 29.8 Å². The molecule has 5 heteroatoms. The first-order valence-corrected chi connectivity index (χ1v) is 11.0. The van der Waals surface area contributed by atoms with Gasteiger partial charge in [-0.2, -0.15) is 0 Å². The van der Waals surface area contributed by atoms with Crippen LogP contribution in [0.4, 0.5) is 5.69 Å². The molecule has 3 heterocycles. The number of fused-ring (bicyclic) bond motifs is 1. The van der Waals surface area contributed by atoms with Crippen molar-refractivity contribution in [2.45, 2.75) is 33.2 Å². The van der Waals surface area contributed by atoms with Crippen LogP contribution in [0.15, 0.2) is 41.1 Å². The Morgan fingerprint density at radius 3 is 2.63 bits per heavy atom. The van der Waals surface area contributed by atoms with Crippen LogP contribution in [0.5, 0.6) is 0 Å². The molecule has 140 valence electrons. The molecule has 1 amide bonds. The second kappa shape index (κ2) is 7.58. The summed E-state index contributed by atoms with van der Waals surface area (Å²) in [6.45, 7) is 7.52. The molecule has 0 unspecified atom stereocenters. The van der Waals surface area contributed by atoms with Gasteiger partial charge in [0.05, 0.1) is 12.6 Å². The minimum absolute atomic E-state index is 0.0605. The molecule has 0 fully saturated rings. The number of carbonyl (C=O) groups excluding carboxylic acids is 1. The smallest absolute Gasteiger partial charge is 0.238 e. The molecular weight excluding hydrogens is 372 g/mol. The van der Waals surface area contributed by atoms with Crippen LogP contribution >= 0.6 is 22.7 Å². The average Bonchev–Trinajstić information content (AvgIpc) is 3.29. The van der Waals surface area contributed by atoms with E-state index in [2.05, 4.69) is 72.1 Å². The number of anilines is 1. The van der Waals surface area contributed by atoms with Crippen molar-refractivity contribution in [3.8, 4) is 0 Å². The molecular formula is C22H24N2OS2. The van der Waals surface area contributed by atoms with Crippen molar-refractivity contribution < 1.29 is 4.79 Å². The monoisotopic (exact) mass is 396 g/mol. The van der Waals surface area contributed by atoms with Crippen LogP contribution in [0, 0.1) is 20.8 Å². The highest BCUT2D eigenvalue weighted by atomic mass is 32.1. The van der Waals surface area contributed by atoms with Gasteiger partial charge in [-0.05, 0) is 66.8 Å². The fourth-order valence-corrected chi connectivity index (χ4v) is 5.84. The van der Waals surface area contributed by atoms with E-state index < -0.39 is 0 Å². The summed E-state index contributed by atoms with van der Waals surface area (Å²) in [5.74, 6) is 0.0605. The summed E-state index contributed by atoms with van der Waals surface area (Å²) in [4.78, 5) is 18.0. The van der Waals surface area contributed by atoms with E-state index in [1.807, 2.05) is 11.3 Å². The van der Waals surface area contributed by atoms with E-state index in [1.54, 1.807) is 11.3 Å². The molecule has 0 aliphatic carbocycles. The van der Waals surface area contributed by atoms with Crippen molar-refractivity contribution in [2.24, 2.45) is 0 Å². The van der Waals surface area contributed by atoms with Crippen LogP contribution in [0.1, 0.15) is 38.0 Å². The third kappa shape index (κ3) is 3.72. The lowest BCUT2D eigenvalue weighted by atomic mass is 9.98. The molecule has 0 radical (unpaired) electrons. The minimum Gasteiger partial charge on any atom is -0.324 e. The number of carbonyl (C=O) groups is 1. The number of amides is 1. The Morgan fingerprint density at radius 2 is 1.93 bits per heavy atom. The minimum atomic E-state index is 0.0605. The molecule has 1 N–H and O–H groups in total. The highest BCUT2D eigenvalue weighted by Crippen LogP contribution is 2.39. The normalized spacial score (nSPS) is 16.9. The Balaban J connectivity index is 1.56. The lowest BCUT2D eigenvalue weighted by molar-refractivity contribution is -0.117. The van der Waals surface area contributed by atoms with E-state index in [-0.39, 0.29) is 11.9 Å². The van der Waals surface area contributed by atoms with Crippen molar-refractivity contribution in [1.29, 1.82) is 0 Å². The van der Waals surface area contributed by atoms with E-state index in [0.29, 0.717) is 6.54 Å². The quantitative estimate of drug-likeness (QED) is 0.647. The Bertz CT molecular complexity index is 936. The number of nitrogens with zero attached hydrogens (tertiary/aromatic N) is 1. The molecule has 0 saturated carbocycles. The maximum Gasteiger partial charge on any atom is 0.238 e. The topological polar surface area (TPSA) is 32.3 Å². The predicted molar refractivity (Wildman–Crippen MR) is 115 cm³/mol. The zero-order chi connectivity index (χ0) is 19.0. The molecule has 1 atom stereocenters. The summed E-state index contributed by atoms with van der Waals surface area (Å²) in [6, 6.07) is 10.9. The van der Waals surface area contributed by atoms with Gasteiger partial charge >= 0.3 is 0 Å². The van der Waals surface area contributed by atoms with Crippen LogP contribution in [0.25, 0.3) is 0 Å². The van der Waals surface area contributed by atoms with Gasteiger partial charge in [0, 0.05) is 22.0 Å². The number of hydrogen-bond donors (Lipinski definition) is 1. The SMILES string of the molecule is Cc1cc(C)c(NC(=O)CN2CCc3sccc3[C@@H]2c2cccs2)c(C)c1. The van der Waals surface area contributed by atoms with E-state index >= 15 is 0 Å². The molecule has 1 aromatic carbocycles. The maximum atomic E-state index is 12.9. The van der Waals surface area contributed by atoms with Crippen LogP contribution in [-0.2, 0) is 11.2 Å². The first-order chi connectivity index (χ1) is 13.0. The summed E-state index contributed by atoms with van der Waals surface area (Å²) in [6.07, 6.45) is 1.02. The standard InChI is InChI=1S/C22H24N2OS2/c1-14-11-15(2)21(16(3)12-14)23-20(25)13-24-8-6-18-17(7-10-27-18)22(24)19-5-4-9-26-19/h4-5,7,9-12,22H,6,8,13H2,1-3H3,(H,23,25)/t22-/m1/s1. The largest absolute Gasteiger partial charge is 0.324 e. The van der Waals surface area contributed by atoms with E-state index in [9.17, 15) is 4.79 Å². The van der Waals surface area contributed by atoms with Crippen LogP contribution in [0.3, 0.4) is 0 Å². The molecule has 27 heavy (non-hydrogen) atoms. The van der Waals surface area contributed by atoms with Gasteiger partial charge in [-0.15, -0.1) is 22.7 Å². The van der Waals surface area contributed by atoms with Crippen molar-refractivity contribution in [3.63, 3.8) is 0 Å². The molecule has 0 saturated heterocycles. The second-order valence-corrected chi connectivity index (χ2v) is 9.24. The number of nitrogens with one attached hydrogen (secondary N) is 1. The van der Waals surface area contributed by atoms with Gasteiger partial charge in [0.15, 0.2) is 0 Å². The maximum absolute atomic E-state index is 12.9. The lowest BCUT2D eigenvalue weighted by Gasteiger charge is -2.35. The fraction of sp³-hybridized carbons (Fsp3) is 0.318. The number of benzene rings is 1. The average molecular weight is 397 g/mol. The summed E-state index contributed by atoms with van der Waals surface area (Å²) in [5.41, 5.74) is 5.78. The van der Waals surface area contributed by atoms with E-state index in [1.165, 1.54) is 20.9 Å². The molecule has 4 rings (SSSR count). The van der Waals surface area contributed by atoms with Gasteiger partial charge in [-0.1, -0.05) is 23.8 Å². The van der Waals surface area contributed by atoms with E-state index in [4.69, 9.17) is 0 Å². The Morgan fingerprint density at radius 1 is 1.15 bits per heavy atom. The molecule has 2 aromatic heterocycles. The number of aryl methyl sites for hydroxylation is 3. The summed E-state index contributed by atoms with van der Waals surface area (Å²) >= 11 is 3.60. The fourth-order valence-electron chi connectivity index (χ4n) is 4.06. The zero-order valence-corrected chi connectivity index (χ0v) is 17.5. The highest BCUT2D eigenvalue weighted by molar-refractivity contribution is 7.10. The van der Waals surface area contributed by atoms with Crippen LogP contribution in [0.2, 0.25) is 0 Å². The van der Waals surface area contributed by atoms with Crippen molar-refractivity contribution in [3.05, 3.63) is 73.1 Å². The molecule has 3 nitrogen and oxygen atoms in total. The molecule has 1 aliphatic heterocycles.